The van der Waals surface area contributed by atoms with E-state index in [4.69, 9.17) is 23.8 Å². The van der Waals surface area contributed by atoms with E-state index in [0.717, 1.165) is 11.1 Å². The van der Waals surface area contributed by atoms with E-state index in [1.54, 1.807) is 30.3 Å². The second-order valence-corrected chi connectivity index (χ2v) is 6.66. The standard InChI is InChI=1S/C21H16ClN3O2S/c22-18-8-4-7-17(13-18)20(27)24-25-21(28)23-19(26)16-11-9-15(10-12-16)14-5-2-1-3-6-14/h1-13H,(H,24,27)(H2,23,25,26,28). The summed E-state index contributed by atoms with van der Waals surface area (Å²) in [6.07, 6.45) is 0. The normalized spacial score (nSPS) is 10.0. The molecule has 2 amide bonds. The van der Waals surface area contributed by atoms with Crippen LogP contribution in [0.15, 0.2) is 78.9 Å². The lowest BCUT2D eigenvalue weighted by atomic mass is 10.0. The highest BCUT2D eigenvalue weighted by Crippen LogP contribution is 2.19. The topological polar surface area (TPSA) is 70.2 Å². The van der Waals surface area contributed by atoms with Crippen LogP contribution in [0.5, 0.6) is 0 Å². The molecule has 0 aliphatic carbocycles. The molecule has 0 fully saturated rings. The first-order chi connectivity index (χ1) is 13.5. The number of carbonyl (C=O) groups excluding carboxylic acids is 2. The summed E-state index contributed by atoms with van der Waals surface area (Å²) in [5, 5.41) is 2.94. The number of thiocarbonyl (C=S) groups is 1. The zero-order chi connectivity index (χ0) is 19.9. The maximum Gasteiger partial charge on any atom is 0.269 e. The number of halogens is 1. The Morgan fingerprint density at radius 3 is 2.07 bits per heavy atom. The molecule has 0 bridgehead atoms. The molecule has 0 spiro atoms. The molecule has 0 aliphatic heterocycles. The summed E-state index contributed by atoms with van der Waals surface area (Å²) in [7, 11) is 0. The Labute approximate surface area is 172 Å². The molecule has 3 aromatic rings. The summed E-state index contributed by atoms with van der Waals surface area (Å²) in [6.45, 7) is 0. The predicted molar refractivity (Wildman–Crippen MR) is 114 cm³/mol. The average Bonchev–Trinajstić information content (AvgIpc) is 2.72. The highest BCUT2D eigenvalue weighted by molar-refractivity contribution is 7.80. The van der Waals surface area contributed by atoms with Crippen molar-refractivity contribution in [2.45, 2.75) is 0 Å². The lowest BCUT2D eigenvalue weighted by molar-refractivity contribution is 0.0934. The van der Waals surface area contributed by atoms with Crippen molar-refractivity contribution in [1.29, 1.82) is 0 Å². The average molecular weight is 410 g/mol. The van der Waals surface area contributed by atoms with Gasteiger partial charge >= 0.3 is 0 Å². The minimum Gasteiger partial charge on any atom is -0.298 e. The van der Waals surface area contributed by atoms with Crippen molar-refractivity contribution in [2.24, 2.45) is 0 Å². The van der Waals surface area contributed by atoms with Crippen LogP contribution in [0.4, 0.5) is 0 Å². The Kier molecular flexibility index (Phi) is 6.37. The van der Waals surface area contributed by atoms with E-state index >= 15 is 0 Å². The van der Waals surface area contributed by atoms with E-state index in [1.807, 2.05) is 42.5 Å². The molecular weight excluding hydrogens is 394 g/mol. The second-order valence-electron chi connectivity index (χ2n) is 5.82. The number of carbonyl (C=O) groups is 2. The van der Waals surface area contributed by atoms with Crippen molar-refractivity contribution in [1.82, 2.24) is 16.2 Å². The second kappa shape index (κ2) is 9.12. The number of rotatable bonds is 3. The molecule has 3 rings (SSSR count). The molecule has 0 saturated heterocycles. The molecular formula is C21H16ClN3O2S. The van der Waals surface area contributed by atoms with E-state index in [-0.39, 0.29) is 11.0 Å². The van der Waals surface area contributed by atoms with Crippen molar-refractivity contribution in [3.8, 4) is 11.1 Å². The molecule has 0 heterocycles. The first-order valence-electron chi connectivity index (χ1n) is 8.35. The van der Waals surface area contributed by atoms with Gasteiger partial charge in [-0.25, -0.2) is 0 Å². The van der Waals surface area contributed by atoms with Gasteiger partial charge in [-0.2, -0.15) is 0 Å². The summed E-state index contributed by atoms with van der Waals surface area (Å²) in [4.78, 5) is 24.3. The lowest BCUT2D eigenvalue weighted by Crippen LogP contribution is -2.48. The number of hydrogen-bond donors (Lipinski definition) is 3. The van der Waals surface area contributed by atoms with Crippen LogP contribution in [0.3, 0.4) is 0 Å². The predicted octanol–water partition coefficient (Wildman–Crippen LogP) is 3.96. The zero-order valence-electron chi connectivity index (χ0n) is 14.6. The van der Waals surface area contributed by atoms with E-state index in [2.05, 4.69) is 16.2 Å². The van der Waals surface area contributed by atoms with Crippen molar-refractivity contribution in [3.63, 3.8) is 0 Å². The SMILES string of the molecule is O=C(NNC(=S)NC(=O)c1ccc(-c2ccccc2)cc1)c1cccc(Cl)c1. The Morgan fingerprint density at radius 1 is 0.714 bits per heavy atom. The number of hydrogen-bond acceptors (Lipinski definition) is 3. The van der Waals surface area contributed by atoms with Gasteiger partial charge in [-0.15, -0.1) is 0 Å². The van der Waals surface area contributed by atoms with Gasteiger partial charge in [0.25, 0.3) is 11.8 Å². The van der Waals surface area contributed by atoms with Crippen LogP contribution in [0.25, 0.3) is 11.1 Å². The van der Waals surface area contributed by atoms with Gasteiger partial charge in [0.2, 0.25) is 0 Å². The third kappa shape index (κ3) is 5.16. The van der Waals surface area contributed by atoms with Crippen LogP contribution < -0.4 is 16.2 Å². The first kappa shape index (κ1) is 19.5. The van der Waals surface area contributed by atoms with E-state index in [0.29, 0.717) is 16.1 Å². The quantitative estimate of drug-likeness (QED) is 0.452. The van der Waals surface area contributed by atoms with Crippen LogP contribution in [0.2, 0.25) is 5.02 Å². The maximum absolute atomic E-state index is 12.3. The number of benzene rings is 3. The van der Waals surface area contributed by atoms with Gasteiger partial charge in [0.15, 0.2) is 5.11 Å². The van der Waals surface area contributed by atoms with Gasteiger partial charge in [-0.05, 0) is 53.7 Å². The highest BCUT2D eigenvalue weighted by Gasteiger charge is 2.10. The molecule has 7 heteroatoms. The van der Waals surface area contributed by atoms with Crippen molar-refractivity contribution < 1.29 is 9.59 Å². The Bertz CT molecular complexity index is 1010. The molecule has 0 saturated carbocycles. The number of hydrazine groups is 1. The number of nitrogens with one attached hydrogen (secondary N) is 3. The fraction of sp³-hybridized carbons (Fsp3) is 0. The highest BCUT2D eigenvalue weighted by atomic mass is 35.5. The third-order valence-electron chi connectivity index (χ3n) is 3.86. The van der Waals surface area contributed by atoms with E-state index in [9.17, 15) is 9.59 Å². The van der Waals surface area contributed by atoms with Crippen LogP contribution in [-0.2, 0) is 0 Å². The minimum atomic E-state index is -0.425. The van der Waals surface area contributed by atoms with Crippen LogP contribution in [0, 0.1) is 0 Å². The smallest absolute Gasteiger partial charge is 0.269 e. The summed E-state index contributed by atoms with van der Waals surface area (Å²) >= 11 is 10.9. The fourth-order valence-electron chi connectivity index (χ4n) is 2.47. The molecule has 0 aliphatic rings. The molecule has 3 aromatic carbocycles. The van der Waals surface area contributed by atoms with Gasteiger partial charge in [-0.3, -0.25) is 25.8 Å². The monoisotopic (exact) mass is 409 g/mol. The van der Waals surface area contributed by atoms with Gasteiger partial charge in [0, 0.05) is 16.1 Å². The van der Waals surface area contributed by atoms with E-state index < -0.39 is 5.91 Å². The summed E-state index contributed by atoms with van der Waals surface area (Å²) in [5.74, 6) is -0.805. The molecule has 5 nitrogen and oxygen atoms in total. The number of amides is 2. The fourth-order valence-corrected chi connectivity index (χ4v) is 2.80. The van der Waals surface area contributed by atoms with E-state index in [1.165, 1.54) is 6.07 Å². The zero-order valence-corrected chi connectivity index (χ0v) is 16.2. The molecule has 0 radical (unpaired) electrons. The van der Waals surface area contributed by atoms with Crippen LogP contribution >= 0.6 is 23.8 Å². The summed E-state index contributed by atoms with van der Waals surface area (Å²) < 4.78 is 0. The minimum absolute atomic E-state index is 0.0208. The first-order valence-corrected chi connectivity index (χ1v) is 9.14. The molecule has 3 N–H and O–H groups in total. The Balaban J connectivity index is 1.54. The van der Waals surface area contributed by atoms with Crippen LogP contribution in [-0.4, -0.2) is 16.9 Å². The van der Waals surface area contributed by atoms with Gasteiger partial charge in [0.05, 0.1) is 0 Å². The summed E-state index contributed by atoms with van der Waals surface area (Å²) in [6, 6.07) is 23.5. The Morgan fingerprint density at radius 2 is 1.39 bits per heavy atom. The largest absolute Gasteiger partial charge is 0.298 e. The van der Waals surface area contributed by atoms with Crippen molar-refractivity contribution in [3.05, 3.63) is 95.0 Å². The molecule has 28 heavy (non-hydrogen) atoms. The van der Waals surface area contributed by atoms with Gasteiger partial charge in [0.1, 0.15) is 0 Å². The van der Waals surface area contributed by atoms with Gasteiger partial charge in [-0.1, -0.05) is 60.1 Å². The molecule has 0 atom stereocenters. The van der Waals surface area contributed by atoms with Gasteiger partial charge < -0.3 is 0 Å². The molecule has 140 valence electrons. The van der Waals surface area contributed by atoms with Crippen molar-refractivity contribution >= 4 is 40.7 Å². The van der Waals surface area contributed by atoms with Crippen molar-refractivity contribution in [2.75, 3.05) is 0 Å². The maximum atomic E-state index is 12.3. The van der Waals surface area contributed by atoms with Crippen LogP contribution in [0.1, 0.15) is 20.7 Å². The third-order valence-corrected chi connectivity index (χ3v) is 4.30. The Hall–Kier alpha value is -3.22. The summed E-state index contributed by atoms with van der Waals surface area (Å²) in [5.41, 5.74) is 7.79. The lowest BCUT2D eigenvalue weighted by Gasteiger charge is -2.11. The molecule has 0 unspecified atom stereocenters. The molecule has 0 aromatic heterocycles.